The van der Waals surface area contributed by atoms with Crippen LogP contribution in [0.3, 0.4) is 0 Å². The van der Waals surface area contributed by atoms with Crippen LogP contribution in [-0.4, -0.2) is 59.7 Å². The predicted molar refractivity (Wildman–Crippen MR) is 97.1 cm³/mol. The number of nitrogens with one attached hydrogen (secondary N) is 1. The number of rotatable bonds is 9. The molecule has 1 saturated heterocycles. The number of hydrogen-bond donors (Lipinski definition) is 2. The van der Waals surface area contributed by atoms with Gasteiger partial charge in [0, 0.05) is 25.1 Å². The van der Waals surface area contributed by atoms with Gasteiger partial charge in [-0.25, -0.2) is 0 Å². The van der Waals surface area contributed by atoms with E-state index in [1.807, 2.05) is 6.92 Å². The van der Waals surface area contributed by atoms with Gasteiger partial charge in [-0.05, 0) is 38.4 Å². The molecule has 1 atom stereocenters. The first-order valence-corrected chi connectivity index (χ1v) is 9.05. The van der Waals surface area contributed by atoms with Crippen molar-refractivity contribution < 1.29 is 19.6 Å². The minimum Gasteiger partial charge on any atom is -0.491 e. The zero-order valence-corrected chi connectivity index (χ0v) is 15.1. The lowest BCUT2D eigenvalue weighted by Gasteiger charge is -2.32. The first kappa shape index (κ1) is 20.1. The van der Waals surface area contributed by atoms with Crippen molar-refractivity contribution in [2.45, 2.75) is 32.3 Å². The number of benzene rings is 1. The Morgan fingerprint density at radius 2 is 2.19 bits per heavy atom. The number of nitro groups is 1. The van der Waals surface area contributed by atoms with E-state index >= 15 is 0 Å². The average molecular weight is 365 g/mol. The summed E-state index contributed by atoms with van der Waals surface area (Å²) in [6.45, 7) is 4.79. The van der Waals surface area contributed by atoms with Crippen molar-refractivity contribution in [3.63, 3.8) is 0 Å². The lowest BCUT2D eigenvalue weighted by molar-refractivity contribution is -0.384. The van der Waals surface area contributed by atoms with E-state index in [0.717, 1.165) is 32.4 Å². The van der Waals surface area contributed by atoms with Crippen LogP contribution in [-0.2, 0) is 4.79 Å². The van der Waals surface area contributed by atoms with Crippen molar-refractivity contribution in [3.8, 4) is 5.75 Å². The van der Waals surface area contributed by atoms with Gasteiger partial charge in [-0.3, -0.25) is 14.9 Å². The number of likely N-dealkylation sites (tertiary alicyclic amines) is 1. The van der Waals surface area contributed by atoms with E-state index in [2.05, 4.69) is 10.2 Å². The molecule has 1 heterocycles. The van der Waals surface area contributed by atoms with Gasteiger partial charge in [-0.2, -0.15) is 0 Å². The number of carbonyl (C=O) groups excluding carboxylic acids is 1. The summed E-state index contributed by atoms with van der Waals surface area (Å²) in [5.41, 5.74) is -0.0413. The third-order valence-electron chi connectivity index (χ3n) is 4.45. The minimum atomic E-state index is -0.695. The highest BCUT2D eigenvalue weighted by molar-refractivity contribution is 5.78. The topological polar surface area (TPSA) is 105 Å². The molecule has 26 heavy (non-hydrogen) atoms. The van der Waals surface area contributed by atoms with Crippen LogP contribution < -0.4 is 10.1 Å². The molecule has 1 amide bonds. The first-order valence-electron chi connectivity index (χ1n) is 9.05. The fourth-order valence-corrected chi connectivity index (χ4v) is 3.00. The van der Waals surface area contributed by atoms with Crippen LogP contribution in [0.2, 0.25) is 0 Å². The molecule has 0 radical (unpaired) electrons. The van der Waals surface area contributed by atoms with Gasteiger partial charge in [0.05, 0.1) is 11.0 Å². The van der Waals surface area contributed by atoms with Gasteiger partial charge in [-0.1, -0.05) is 13.0 Å². The van der Waals surface area contributed by atoms with Gasteiger partial charge in [0.1, 0.15) is 18.5 Å². The number of hydrogen-bond acceptors (Lipinski definition) is 6. The van der Waals surface area contributed by atoms with Crippen LogP contribution in [0.15, 0.2) is 24.3 Å². The smallest absolute Gasteiger partial charge is 0.273 e. The van der Waals surface area contributed by atoms with Gasteiger partial charge in [0.15, 0.2) is 0 Å². The third-order valence-corrected chi connectivity index (χ3v) is 4.45. The Bertz CT molecular complexity index is 602. The maximum atomic E-state index is 12.0. The van der Waals surface area contributed by atoms with E-state index < -0.39 is 11.0 Å². The largest absolute Gasteiger partial charge is 0.491 e. The highest BCUT2D eigenvalue weighted by Gasteiger charge is 2.25. The molecule has 0 bridgehead atoms. The Hall–Kier alpha value is -2.19. The molecular weight excluding hydrogens is 338 g/mol. The molecule has 0 saturated carbocycles. The molecule has 1 aromatic rings. The summed E-state index contributed by atoms with van der Waals surface area (Å²) in [6, 6.07) is 5.91. The van der Waals surface area contributed by atoms with E-state index in [4.69, 9.17) is 4.74 Å². The summed E-state index contributed by atoms with van der Waals surface area (Å²) in [4.78, 5) is 24.4. The first-order chi connectivity index (χ1) is 12.5. The molecule has 0 aliphatic carbocycles. The maximum absolute atomic E-state index is 12.0. The van der Waals surface area contributed by atoms with E-state index in [1.54, 1.807) is 12.1 Å². The third kappa shape index (κ3) is 6.27. The molecule has 1 aliphatic rings. The van der Waals surface area contributed by atoms with Gasteiger partial charge < -0.3 is 20.1 Å². The van der Waals surface area contributed by atoms with Crippen LogP contribution in [0.5, 0.6) is 5.75 Å². The second-order valence-electron chi connectivity index (χ2n) is 6.59. The van der Waals surface area contributed by atoms with Crippen molar-refractivity contribution in [2.24, 2.45) is 5.92 Å². The van der Waals surface area contributed by atoms with Crippen LogP contribution in [0.1, 0.15) is 26.2 Å². The summed E-state index contributed by atoms with van der Waals surface area (Å²) in [5, 5.41) is 23.8. The minimum absolute atomic E-state index is 0.0413. The standard InChI is InChI=1S/C18H27N3O5/c1-2-8-19-18(23)14-6-9-20(10-7-14)12-16(22)13-26-17-5-3-4-15(11-17)21(24)25/h3-5,11,14,16,22H,2,6-10,12-13H2,1H3,(H,19,23). The molecule has 8 heteroatoms. The number of nitro benzene ring substituents is 1. The van der Waals surface area contributed by atoms with Crippen LogP contribution in [0, 0.1) is 16.0 Å². The van der Waals surface area contributed by atoms with E-state index in [-0.39, 0.29) is 24.1 Å². The van der Waals surface area contributed by atoms with E-state index in [9.17, 15) is 20.0 Å². The number of non-ortho nitro benzene ring substituents is 1. The predicted octanol–water partition coefficient (Wildman–Crippen LogP) is 1.57. The van der Waals surface area contributed by atoms with Crippen LogP contribution >= 0.6 is 0 Å². The zero-order valence-electron chi connectivity index (χ0n) is 15.1. The van der Waals surface area contributed by atoms with Crippen LogP contribution in [0.4, 0.5) is 5.69 Å². The number of aliphatic hydroxyl groups is 1. The second-order valence-corrected chi connectivity index (χ2v) is 6.59. The van der Waals surface area contributed by atoms with Gasteiger partial charge in [0.2, 0.25) is 5.91 Å². The molecule has 2 rings (SSSR count). The summed E-state index contributed by atoms with van der Waals surface area (Å²) in [6.07, 6.45) is 1.81. The second kappa shape index (κ2) is 10.1. The highest BCUT2D eigenvalue weighted by atomic mass is 16.6. The number of β-amino-alcohol motifs (C(OH)–C–C–N with tert-alkyl or cyclic N) is 1. The van der Waals surface area contributed by atoms with E-state index in [1.165, 1.54) is 12.1 Å². The number of carbonyl (C=O) groups is 1. The normalized spacial score (nSPS) is 16.8. The Kier molecular flexibility index (Phi) is 7.80. The SMILES string of the molecule is CCCNC(=O)C1CCN(CC(O)COc2cccc([N+](=O)[O-])c2)CC1. The molecule has 2 N–H and O–H groups in total. The molecule has 0 spiro atoms. The lowest BCUT2D eigenvalue weighted by atomic mass is 9.95. The summed E-state index contributed by atoms with van der Waals surface area (Å²) < 4.78 is 5.46. The zero-order chi connectivity index (χ0) is 18.9. The van der Waals surface area contributed by atoms with Crippen molar-refractivity contribution in [1.29, 1.82) is 0 Å². The Labute approximate surface area is 153 Å². The van der Waals surface area contributed by atoms with Gasteiger partial charge in [0.25, 0.3) is 5.69 Å². The fraction of sp³-hybridized carbons (Fsp3) is 0.611. The number of amides is 1. The molecule has 1 fully saturated rings. The van der Waals surface area contributed by atoms with Gasteiger partial charge >= 0.3 is 0 Å². The van der Waals surface area contributed by atoms with E-state index in [0.29, 0.717) is 18.8 Å². The van der Waals surface area contributed by atoms with Crippen LogP contribution in [0.25, 0.3) is 0 Å². The number of aliphatic hydroxyl groups excluding tert-OH is 1. The molecule has 0 aromatic heterocycles. The van der Waals surface area contributed by atoms with Crippen molar-refractivity contribution in [1.82, 2.24) is 10.2 Å². The lowest BCUT2D eigenvalue weighted by Crippen LogP contribution is -2.44. The van der Waals surface area contributed by atoms with Crippen molar-refractivity contribution >= 4 is 11.6 Å². The Morgan fingerprint density at radius 3 is 2.85 bits per heavy atom. The fourth-order valence-electron chi connectivity index (χ4n) is 3.00. The number of piperidine rings is 1. The molecule has 1 unspecified atom stereocenters. The molecular formula is C18H27N3O5. The molecule has 8 nitrogen and oxygen atoms in total. The summed E-state index contributed by atoms with van der Waals surface area (Å²) in [5.74, 6) is 0.543. The summed E-state index contributed by atoms with van der Waals surface area (Å²) in [7, 11) is 0. The average Bonchev–Trinajstić information content (AvgIpc) is 2.65. The molecule has 1 aromatic carbocycles. The maximum Gasteiger partial charge on any atom is 0.273 e. The number of ether oxygens (including phenoxy) is 1. The number of nitrogens with zero attached hydrogens (tertiary/aromatic N) is 2. The molecule has 1 aliphatic heterocycles. The van der Waals surface area contributed by atoms with Crippen molar-refractivity contribution in [3.05, 3.63) is 34.4 Å². The monoisotopic (exact) mass is 365 g/mol. The molecule has 144 valence electrons. The summed E-state index contributed by atoms with van der Waals surface area (Å²) >= 11 is 0. The quantitative estimate of drug-likeness (QED) is 0.508. The Balaban J connectivity index is 1.70. The highest BCUT2D eigenvalue weighted by Crippen LogP contribution is 2.20. The van der Waals surface area contributed by atoms with Gasteiger partial charge in [-0.15, -0.1) is 0 Å². The van der Waals surface area contributed by atoms with Crippen molar-refractivity contribution in [2.75, 3.05) is 32.8 Å². The Morgan fingerprint density at radius 1 is 1.46 bits per heavy atom.